The summed E-state index contributed by atoms with van der Waals surface area (Å²) >= 11 is 0. The standard InChI is InChI=1S/C14H15NO5/c1-3-13-6-4-5-7-14(13,12(19)15-11(13)18)20-10(17)8-9(2)16/h4-7H,3,8H2,1-2H3,(H,15,18,19). The largest absolute Gasteiger partial charge is 0.443 e. The van der Waals surface area contributed by atoms with Crippen LogP contribution in [0, 0.1) is 5.41 Å². The Hall–Kier alpha value is -2.24. The van der Waals surface area contributed by atoms with Crippen molar-refractivity contribution >= 4 is 23.6 Å². The van der Waals surface area contributed by atoms with Gasteiger partial charge in [-0.15, -0.1) is 0 Å². The zero-order chi connectivity index (χ0) is 15.0. The van der Waals surface area contributed by atoms with Gasteiger partial charge in [0.25, 0.3) is 5.91 Å². The van der Waals surface area contributed by atoms with Crippen molar-refractivity contribution in [2.45, 2.75) is 32.3 Å². The van der Waals surface area contributed by atoms with Crippen LogP contribution < -0.4 is 5.32 Å². The van der Waals surface area contributed by atoms with Crippen LogP contribution in [0.5, 0.6) is 0 Å². The molecule has 2 unspecified atom stereocenters. The maximum atomic E-state index is 12.1. The molecular formula is C14H15NO5. The molecule has 2 aliphatic rings. The number of imide groups is 1. The number of fused-ring (bicyclic) bond motifs is 1. The van der Waals surface area contributed by atoms with Gasteiger partial charge in [-0.25, -0.2) is 0 Å². The lowest BCUT2D eigenvalue weighted by Crippen LogP contribution is -2.52. The molecule has 0 aromatic rings. The third-order valence-electron chi connectivity index (χ3n) is 3.68. The number of ketones is 1. The van der Waals surface area contributed by atoms with Crippen molar-refractivity contribution in [3.63, 3.8) is 0 Å². The Morgan fingerprint density at radius 1 is 1.20 bits per heavy atom. The number of hydrogen-bond donors (Lipinski definition) is 1. The number of rotatable bonds is 4. The third-order valence-corrected chi connectivity index (χ3v) is 3.68. The molecule has 6 nitrogen and oxygen atoms in total. The van der Waals surface area contributed by atoms with Crippen LogP contribution in [0.3, 0.4) is 0 Å². The van der Waals surface area contributed by atoms with E-state index >= 15 is 0 Å². The predicted molar refractivity (Wildman–Crippen MR) is 68.3 cm³/mol. The number of allylic oxidation sites excluding steroid dienone is 2. The molecule has 0 aromatic carbocycles. The van der Waals surface area contributed by atoms with Gasteiger partial charge in [-0.2, -0.15) is 0 Å². The second kappa shape index (κ2) is 4.70. The lowest BCUT2D eigenvalue weighted by Gasteiger charge is -2.37. The first-order chi connectivity index (χ1) is 9.38. The summed E-state index contributed by atoms with van der Waals surface area (Å²) in [5, 5.41) is 2.21. The van der Waals surface area contributed by atoms with E-state index in [2.05, 4.69) is 5.32 Å². The second-order valence-electron chi connectivity index (χ2n) is 4.91. The molecule has 20 heavy (non-hydrogen) atoms. The molecule has 0 saturated carbocycles. The Kier molecular flexibility index (Phi) is 3.33. The van der Waals surface area contributed by atoms with Gasteiger partial charge in [0.15, 0.2) is 0 Å². The Morgan fingerprint density at radius 3 is 2.45 bits per heavy atom. The molecule has 1 aliphatic carbocycles. The fourth-order valence-corrected chi connectivity index (χ4v) is 2.64. The minimum atomic E-state index is -1.69. The van der Waals surface area contributed by atoms with E-state index in [0.717, 1.165) is 0 Å². The van der Waals surface area contributed by atoms with E-state index in [1.54, 1.807) is 25.2 Å². The van der Waals surface area contributed by atoms with Gasteiger partial charge in [-0.1, -0.05) is 25.2 Å². The van der Waals surface area contributed by atoms with Gasteiger partial charge >= 0.3 is 5.97 Å². The van der Waals surface area contributed by atoms with Gasteiger partial charge < -0.3 is 4.74 Å². The molecular weight excluding hydrogens is 262 g/mol. The number of carbonyl (C=O) groups is 4. The zero-order valence-corrected chi connectivity index (χ0v) is 11.3. The van der Waals surface area contributed by atoms with Crippen molar-refractivity contribution in [2.24, 2.45) is 5.41 Å². The maximum absolute atomic E-state index is 12.1. The molecule has 1 N–H and O–H groups in total. The molecule has 106 valence electrons. The number of amides is 2. The molecule has 6 heteroatoms. The van der Waals surface area contributed by atoms with Gasteiger partial charge in [0.05, 0.1) is 0 Å². The summed E-state index contributed by atoms with van der Waals surface area (Å²) in [7, 11) is 0. The fourth-order valence-electron chi connectivity index (χ4n) is 2.64. The lowest BCUT2D eigenvalue weighted by atomic mass is 9.69. The number of Topliss-reactive ketones (excluding diaryl/α,β-unsaturated/α-hetero) is 1. The molecule has 0 spiro atoms. The van der Waals surface area contributed by atoms with Gasteiger partial charge in [-0.3, -0.25) is 24.5 Å². The summed E-state index contributed by atoms with van der Waals surface area (Å²) in [6.45, 7) is 2.98. The van der Waals surface area contributed by atoms with E-state index in [-0.39, 0.29) is 5.78 Å². The normalized spacial score (nSPS) is 30.9. The molecule has 2 atom stereocenters. The number of ether oxygens (including phenoxy) is 1. The first-order valence-corrected chi connectivity index (χ1v) is 6.32. The van der Waals surface area contributed by atoms with E-state index in [4.69, 9.17) is 4.74 Å². The molecule has 1 heterocycles. The molecule has 2 rings (SSSR count). The lowest BCUT2D eigenvalue weighted by molar-refractivity contribution is -0.169. The summed E-state index contributed by atoms with van der Waals surface area (Å²) < 4.78 is 5.26. The highest BCUT2D eigenvalue weighted by molar-refractivity contribution is 6.15. The Balaban J connectivity index is 2.43. The minimum absolute atomic E-state index is 0.290. The third kappa shape index (κ3) is 1.79. The van der Waals surface area contributed by atoms with Crippen molar-refractivity contribution in [3.8, 4) is 0 Å². The van der Waals surface area contributed by atoms with Crippen LogP contribution >= 0.6 is 0 Å². The number of esters is 1. The summed E-state index contributed by atoms with van der Waals surface area (Å²) in [6, 6.07) is 0. The number of nitrogens with one attached hydrogen (secondary N) is 1. The van der Waals surface area contributed by atoms with E-state index in [1.165, 1.54) is 13.0 Å². The molecule has 0 bridgehead atoms. The smallest absolute Gasteiger partial charge is 0.314 e. The Labute approximate surface area is 115 Å². The van der Waals surface area contributed by atoms with Crippen LogP contribution in [0.15, 0.2) is 24.3 Å². The van der Waals surface area contributed by atoms with E-state index in [0.29, 0.717) is 6.42 Å². The van der Waals surface area contributed by atoms with Crippen molar-refractivity contribution < 1.29 is 23.9 Å². The van der Waals surface area contributed by atoms with Gasteiger partial charge in [-0.05, 0) is 19.4 Å². The first kappa shape index (κ1) is 14.2. The summed E-state index contributed by atoms with van der Waals surface area (Å²) in [5.41, 5.74) is -2.94. The summed E-state index contributed by atoms with van der Waals surface area (Å²) in [5.74, 6) is -2.36. The van der Waals surface area contributed by atoms with Crippen LogP contribution in [0.25, 0.3) is 0 Å². The van der Waals surface area contributed by atoms with Crippen molar-refractivity contribution in [1.29, 1.82) is 0 Å². The minimum Gasteiger partial charge on any atom is -0.443 e. The van der Waals surface area contributed by atoms with Crippen LogP contribution in [0.1, 0.15) is 26.7 Å². The van der Waals surface area contributed by atoms with Gasteiger partial charge in [0, 0.05) is 0 Å². The predicted octanol–water partition coefficient (Wildman–Crippen LogP) is 0.426. The molecule has 1 fully saturated rings. The number of carbonyl (C=O) groups excluding carboxylic acids is 4. The average molecular weight is 277 g/mol. The molecule has 0 radical (unpaired) electrons. The highest BCUT2D eigenvalue weighted by atomic mass is 16.6. The maximum Gasteiger partial charge on any atom is 0.314 e. The van der Waals surface area contributed by atoms with Crippen molar-refractivity contribution in [3.05, 3.63) is 24.3 Å². The monoisotopic (exact) mass is 277 g/mol. The second-order valence-corrected chi connectivity index (χ2v) is 4.91. The van der Waals surface area contributed by atoms with Gasteiger partial charge in [0.2, 0.25) is 11.5 Å². The summed E-state index contributed by atoms with van der Waals surface area (Å²) in [6.07, 6.45) is 6.01. The molecule has 1 aliphatic heterocycles. The van der Waals surface area contributed by atoms with E-state index in [9.17, 15) is 19.2 Å². The fraction of sp³-hybridized carbons (Fsp3) is 0.429. The molecule has 0 aromatic heterocycles. The molecule has 2 amide bonds. The quantitative estimate of drug-likeness (QED) is 0.457. The zero-order valence-electron chi connectivity index (χ0n) is 11.3. The SMILES string of the molecule is CCC12C=CC=CC1(OC(=O)CC(C)=O)C(=O)NC2=O. The van der Waals surface area contributed by atoms with E-state index in [1.807, 2.05) is 0 Å². The average Bonchev–Trinajstić information content (AvgIpc) is 2.58. The Morgan fingerprint density at radius 2 is 1.85 bits per heavy atom. The van der Waals surface area contributed by atoms with Crippen molar-refractivity contribution in [2.75, 3.05) is 0 Å². The highest BCUT2D eigenvalue weighted by Crippen LogP contribution is 2.47. The first-order valence-electron chi connectivity index (χ1n) is 6.32. The Bertz CT molecular complexity index is 562. The van der Waals surface area contributed by atoms with Crippen LogP contribution in [0.4, 0.5) is 0 Å². The van der Waals surface area contributed by atoms with Gasteiger partial charge in [0.1, 0.15) is 17.6 Å². The van der Waals surface area contributed by atoms with Crippen LogP contribution in [-0.2, 0) is 23.9 Å². The summed E-state index contributed by atoms with van der Waals surface area (Å²) in [4.78, 5) is 47.0. The number of hydrogen-bond acceptors (Lipinski definition) is 5. The highest BCUT2D eigenvalue weighted by Gasteiger charge is 2.66. The topological polar surface area (TPSA) is 89.5 Å². The van der Waals surface area contributed by atoms with Crippen LogP contribution in [-0.4, -0.2) is 29.2 Å². The van der Waals surface area contributed by atoms with Crippen molar-refractivity contribution in [1.82, 2.24) is 5.32 Å². The molecule has 1 saturated heterocycles. The van der Waals surface area contributed by atoms with E-state index < -0.39 is 35.2 Å². The van der Waals surface area contributed by atoms with Crippen LogP contribution in [0.2, 0.25) is 0 Å².